The molecule has 28 heavy (non-hydrogen) atoms. The van der Waals surface area contributed by atoms with E-state index in [2.05, 4.69) is 0 Å². The molecule has 2 aromatic carbocycles. The zero-order valence-corrected chi connectivity index (χ0v) is 15.0. The summed E-state index contributed by atoms with van der Waals surface area (Å²) in [6.07, 6.45) is -5.91. The quantitative estimate of drug-likeness (QED) is 0.730. The molecule has 0 spiro atoms. The first-order valence-corrected chi connectivity index (χ1v) is 8.72. The summed E-state index contributed by atoms with van der Waals surface area (Å²) in [5.74, 6) is -0.735. The third-order valence-electron chi connectivity index (χ3n) is 4.33. The monoisotopic (exact) mass is 396 g/mol. The largest absolute Gasteiger partial charge is 0.488 e. The highest BCUT2D eigenvalue weighted by Crippen LogP contribution is 2.44. The lowest BCUT2D eigenvalue weighted by Gasteiger charge is -2.17. The molecular formula is C20H19F3O5. The van der Waals surface area contributed by atoms with Crippen molar-refractivity contribution in [3.63, 3.8) is 0 Å². The highest BCUT2D eigenvalue weighted by atomic mass is 19.4. The lowest BCUT2D eigenvalue weighted by Crippen LogP contribution is -2.11. The SMILES string of the molecule is CCO[C@@H](CC(=O)O)c1ccc(O[C@@H]2COc3c2cccc3C(F)(F)F)cc1. The van der Waals surface area contributed by atoms with Gasteiger partial charge in [0.2, 0.25) is 0 Å². The van der Waals surface area contributed by atoms with E-state index in [1.165, 1.54) is 6.07 Å². The summed E-state index contributed by atoms with van der Waals surface area (Å²) in [4.78, 5) is 11.0. The van der Waals surface area contributed by atoms with Crippen LogP contribution in [0.5, 0.6) is 11.5 Å². The number of halogens is 3. The van der Waals surface area contributed by atoms with Gasteiger partial charge in [0, 0.05) is 12.2 Å². The molecule has 2 aromatic rings. The van der Waals surface area contributed by atoms with Gasteiger partial charge in [-0.25, -0.2) is 0 Å². The molecule has 0 amide bonds. The van der Waals surface area contributed by atoms with Crippen molar-refractivity contribution in [2.75, 3.05) is 13.2 Å². The number of carbonyl (C=O) groups is 1. The van der Waals surface area contributed by atoms with Crippen molar-refractivity contribution in [2.24, 2.45) is 0 Å². The van der Waals surface area contributed by atoms with Crippen LogP contribution in [0.4, 0.5) is 13.2 Å². The molecular weight excluding hydrogens is 377 g/mol. The molecule has 0 aromatic heterocycles. The lowest BCUT2D eigenvalue weighted by molar-refractivity contribution is -0.140. The van der Waals surface area contributed by atoms with Gasteiger partial charge in [-0.05, 0) is 30.7 Å². The second-order valence-electron chi connectivity index (χ2n) is 6.25. The first-order valence-electron chi connectivity index (χ1n) is 8.72. The van der Waals surface area contributed by atoms with Crippen molar-refractivity contribution in [3.05, 3.63) is 59.2 Å². The van der Waals surface area contributed by atoms with Gasteiger partial charge in [-0.2, -0.15) is 13.2 Å². The standard InChI is InChI=1S/C20H19F3O5/c1-2-26-16(10-18(24)25)12-6-8-13(9-7-12)28-17-11-27-19-14(17)4-3-5-15(19)20(21,22)23/h3-9,16-17H,2,10-11H2,1H3,(H,24,25)/t16-,17+/m0/s1. The van der Waals surface area contributed by atoms with Crippen LogP contribution in [-0.2, 0) is 15.7 Å². The van der Waals surface area contributed by atoms with Crippen molar-refractivity contribution in [1.82, 2.24) is 0 Å². The molecule has 1 aliphatic heterocycles. The zero-order chi connectivity index (χ0) is 20.3. The van der Waals surface area contributed by atoms with Gasteiger partial charge in [-0.3, -0.25) is 4.79 Å². The van der Waals surface area contributed by atoms with Gasteiger partial charge < -0.3 is 19.3 Å². The predicted octanol–water partition coefficient (Wildman–Crippen LogP) is 4.77. The molecule has 0 saturated heterocycles. The van der Waals surface area contributed by atoms with E-state index in [1.54, 1.807) is 37.3 Å². The maximum atomic E-state index is 13.1. The normalized spacial score (nSPS) is 16.9. The number of ether oxygens (including phenoxy) is 3. The Hall–Kier alpha value is -2.74. The molecule has 2 atom stereocenters. The van der Waals surface area contributed by atoms with Crippen LogP contribution in [-0.4, -0.2) is 24.3 Å². The molecule has 150 valence electrons. The topological polar surface area (TPSA) is 65.0 Å². The Morgan fingerprint density at radius 2 is 1.96 bits per heavy atom. The number of rotatable bonds is 7. The van der Waals surface area contributed by atoms with Gasteiger partial charge in [0.05, 0.1) is 18.1 Å². The third kappa shape index (κ3) is 4.39. The Bertz CT molecular complexity index is 833. The maximum absolute atomic E-state index is 13.1. The van der Waals surface area contributed by atoms with Gasteiger partial charge in [0.25, 0.3) is 0 Å². The van der Waals surface area contributed by atoms with E-state index in [1.807, 2.05) is 0 Å². The Balaban J connectivity index is 1.75. The van der Waals surface area contributed by atoms with Crippen molar-refractivity contribution in [1.29, 1.82) is 0 Å². The fourth-order valence-electron chi connectivity index (χ4n) is 3.10. The number of aliphatic carboxylic acids is 1. The Morgan fingerprint density at radius 1 is 1.25 bits per heavy atom. The van der Waals surface area contributed by atoms with Crippen LogP contribution >= 0.6 is 0 Å². The Morgan fingerprint density at radius 3 is 2.57 bits per heavy atom. The minimum atomic E-state index is -4.50. The lowest BCUT2D eigenvalue weighted by atomic mass is 10.1. The summed E-state index contributed by atoms with van der Waals surface area (Å²) in [5.41, 5.74) is 0.204. The van der Waals surface area contributed by atoms with Crippen LogP contribution < -0.4 is 9.47 Å². The van der Waals surface area contributed by atoms with E-state index < -0.39 is 29.9 Å². The summed E-state index contributed by atoms with van der Waals surface area (Å²) in [6, 6.07) is 10.5. The zero-order valence-electron chi connectivity index (χ0n) is 15.0. The highest BCUT2D eigenvalue weighted by molar-refractivity contribution is 5.67. The van der Waals surface area contributed by atoms with Gasteiger partial charge in [-0.1, -0.05) is 24.3 Å². The van der Waals surface area contributed by atoms with Gasteiger partial charge >= 0.3 is 12.1 Å². The fraction of sp³-hybridized carbons (Fsp3) is 0.350. The first kappa shape index (κ1) is 20.0. The van der Waals surface area contributed by atoms with Crippen LogP contribution in [0.2, 0.25) is 0 Å². The summed E-state index contributed by atoms with van der Waals surface area (Å²) in [7, 11) is 0. The van der Waals surface area contributed by atoms with E-state index in [0.717, 1.165) is 6.07 Å². The van der Waals surface area contributed by atoms with Gasteiger partial charge in [-0.15, -0.1) is 0 Å². The average molecular weight is 396 g/mol. The number of carboxylic acid groups (broad SMARTS) is 1. The molecule has 5 nitrogen and oxygen atoms in total. The van der Waals surface area contributed by atoms with Crippen LogP contribution in [0, 0.1) is 0 Å². The minimum absolute atomic E-state index is 0.0231. The number of hydrogen-bond acceptors (Lipinski definition) is 4. The molecule has 0 aliphatic carbocycles. The predicted molar refractivity (Wildman–Crippen MR) is 93.4 cm³/mol. The molecule has 0 bridgehead atoms. The van der Waals surface area contributed by atoms with Gasteiger partial charge in [0.15, 0.2) is 6.10 Å². The van der Waals surface area contributed by atoms with E-state index in [0.29, 0.717) is 23.5 Å². The molecule has 3 rings (SSSR count). The third-order valence-corrected chi connectivity index (χ3v) is 4.33. The summed E-state index contributed by atoms with van der Waals surface area (Å²) in [6.45, 7) is 2.12. The van der Waals surface area contributed by atoms with Crippen molar-refractivity contribution in [3.8, 4) is 11.5 Å². The average Bonchev–Trinajstić information content (AvgIpc) is 3.04. The van der Waals surface area contributed by atoms with E-state index >= 15 is 0 Å². The number of fused-ring (bicyclic) bond motifs is 1. The van der Waals surface area contributed by atoms with Crippen LogP contribution in [0.1, 0.15) is 42.2 Å². The number of carboxylic acids is 1. The molecule has 1 N–H and O–H groups in total. The van der Waals surface area contributed by atoms with Crippen LogP contribution in [0.15, 0.2) is 42.5 Å². The summed E-state index contributed by atoms with van der Waals surface area (Å²) in [5, 5.41) is 8.99. The number of hydrogen-bond donors (Lipinski definition) is 1. The molecule has 1 aliphatic rings. The fourth-order valence-corrected chi connectivity index (χ4v) is 3.10. The number of alkyl halides is 3. The Labute approximate surface area is 159 Å². The second-order valence-corrected chi connectivity index (χ2v) is 6.25. The van der Waals surface area contributed by atoms with E-state index in [4.69, 9.17) is 19.3 Å². The highest BCUT2D eigenvalue weighted by Gasteiger charge is 2.39. The van der Waals surface area contributed by atoms with Crippen molar-refractivity contribution in [2.45, 2.75) is 31.7 Å². The minimum Gasteiger partial charge on any atom is -0.488 e. The molecule has 0 unspecified atom stereocenters. The molecule has 8 heteroatoms. The van der Waals surface area contributed by atoms with Crippen molar-refractivity contribution < 1.29 is 37.3 Å². The van der Waals surface area contributed by atoms with E-state index in [-0.39, 0.29) is 18.8 Å². The molecule has 0 saturated carbocycles. The number of benzene rings is 2. The Kier molecular flexibility index (Phi) is 5.79. The number of para-hydroxylation sites is 1. The van der Waals surface area contributed by atoms with Crippen LogP contribution in [0.25, 0.3) is 0 Å². The van der Waals surface area contributed by atoms with E-state index in [9.17, 15) is 18.0 Å². The van der Waals surface area contributed by atoms with Crippen molar-refractivity contribution >= 4 is 5.97 Å². The maximum Gasteiger partial charge on any atom is 0.419 e. The van der Waals surface area contributed by atoms with Gasteiger partial charge in [0.1, 0.15) is 18.1 Å². The van der Waals surface area contributed by atoms with Crippen LogP contribution in [0.3, 0.4) is 0 Å². The molecule has 0 radical (unpaired) electrons. The summed E-state index contributed by atoms with van der Waals surface area (Å²) < 4.78 is 55.8. The first-order chi connectivity index (χ1) is 13.3. The smallest absolute Gasteiger partial charge is 0.419 e. The summed E-state index contributed by atoms with van der Waals surface area (Å²) >= 11 is 0. The second kappa shape index (κ2) is 8.10. The molecule has 0 fully saturated rings. The molecule has 1 heterocycles.